The molecule has 0 aliphatic carbocycles. The fourth-order valence-electron chi connectivity index (χ4n) is 2.69. The molecule has 0 unspecified atom stereocenters. The van der Waals surface area contributed by atoms with Gasteiger partial charge in [0.2, 0.25) is 17.7 Å². The maximum atomic E-state index is 13.9. The molecular weight excluding hydrogens is 369 g/mol. The molecule has 0 radical (unpaired) electrons. The van der Waals surface area contributed by atoms with Gasteiger partial charge >= 0.3 is 5.97 Å². The zero-order valence-electron chi connectivity index (χ0n) is 16.2. The molecule has 9 heteroatoms. The smallest absolute Gasteiger partial charge is 0.306 e. The Kier molecular flexibility index (Phi) is 9.07. The summed E-state index contributed by atoms with van der Waals surface area (Å²) in [7, 11) is 0. The van der Waals surface area contributed by atoms with Crippen LogP contribution in [0.5, 0.6) is 0 Å². The maximum absolute atomic E-state index is 13.9. The van der Waals surface area contributed by atoms with E-state index in [1.54, 1.807) is 19.9 Å². The van der Waals surface area contributed by atoms with Crippen LogP contribution in [0.3, 0.4) is 0 Å². The van der Waals surface area contributed by atoms with Crippen molar-refractivity contribution in [2.24, 2.45) is 11.7 Å². The van der Waals surface area contributed by atoms with Crippen LogP contribution in [0, 0.1) is 11.7 Å². The summed E-state index contributed by atoms with van der Waals surface area (Å²) in [5.41, 5.74) is 5.59. The first-order valence-corrected chi connectivity index (χ1v) is 8.91. The van der Waals surface area contributed by atoms with Gasteiger partial charge in [-0.15, -0.1) is 0 Å². The van der Waals surface area contributed by atoms with Crippen LogP contribution in [0.1, 0.15) is 32.8 Å². The van der Waals surface area contributed by atoms with Gasteiger partial charge in [-0.05, 0) is 24.5 Å². The molecule has 3 atom stereocenters. The molecule has 0 saturated carbocycles. The number of rotatable bonds is 10. The van der Waals surface area contributed by atoms with Crippen molar-refractivity contribution in [1.29, 1.82) is 0 Å². The number of benzene rings is 1. The Hall–Kier alpha value is -2.97. The third kappa shape index (κ3) is 7.34. The Balaban J connectivity index is 2.93. The fourth-order valence-corrected chi connectivity index (χ4v) is 2.69. The van der Waals surface area contributed by atoms with E-state index < -0.39 is 47.5 Å². The average Bonchev–Trinajstić information content (AvgIpc) is 2.60. The highest BCUT2D eigenvalue weighted by Crippen LogP contribution is 2.12. The van der Waals surface area contributed by atoms with Gasteiger partial charge < -0.3 is 21.1 Å². The highest BCUT2D eigenvalue weighted by molar-refractivity contribution is 5.91. The molecule has 1 aromatic carbocycles. The van der Waals surface area contributed by atoms with Crippen molar-refractivity contribution in [3.63, 3.8) is 0 Å². The summed E-state index contributed by atoms with van der Waals surface area (Å²) in [5.74, 6) is -3.72. The summed E-state index contributed by atoms with van der Waals surface area (Å²) >= 11 is 0. The Bertz CT molecular complexity index is 725. The van der Waals surface area contributed by atoms with E-state index in [1.807, 2.05) is 0 Å². The molecule has 0 aromatic heterocycles. The van der Waals surface area contributed by atoms with Crippen molar-refractivity contribution in [1.82, 2.24) is 10.6 Å². The summed E-state index contributed by atoms with van der Waals surface area (Å²) in [4.78, 5) is 47.5. The molecule has 0 spiro atoms. The second kappa shape index (κ2) is 11.0. The Morgan fingerprint density at radius 1 is 1.18 bits per heavy atom. The minimum Gasteiger partial charge on any atom is -0.466 e. The van der Waals surface area contributed by atoms with E-state index in [0.717, 1.165) is 0 Å². The second-order valence-corrected chi connectivity index (χ2v) is 6.42. The highest BCUT2D eigenvalue weighted by Gasteiger charge is 2.30. The van der Waals surface area contributed by atoms with Crippen LogP contribution in [-0.4, -0.2) is 42.4 Å². The van der Waals surface area contributed by atoms with Gasteiger partial charge in [-0.1, -0.05) is 25.1 Å². The Morgan fingerprint density at radius 2 is 1.82 bits per heavy atom. The summed E-state index contributed by atoms with van der Waals surface area (Å²) in [5, 5.41) is 4.89. The minimum atomic E-state index is -1.16. The first-order valence-electron chi connectivity index (χ1n) is 8.91. The van der Waals surface area contributed by atoms with Crippen LogP contribution in [0.2, 0.25) is 0 Å². The number of amides is 3. The van der Waals surface area contributed by atoms with Crippen molar-refractivity contribution in [2.45, 2.75) is 45.7 Å². The molecule has 28 heavy (non-hydrogen) atoms. The first kappa shape index (κ1) is 23.1. The number of carbonyl (C=O) groups excluding carboxylic acids is 4. The number of carbonyl (C=O) groups is 4. The van der Waals surface area contributed by atoms with Crippen LogP contribution in [0.25, 0.3) is 0 Å². The van der Waals surface area contributed by atoms with E-state index >= 15 is 0 Å². The van der Waals surface area contributed by atoms with Crippen molar-refractivity contribution in [2.75, 3.05) is 6.61 Å². The van der Waals surface area contributed by atoms with E-state index in [4.69, 9.17) is 10.5 Å². The number of nitrogens with two attached hydrogens (primary N) is 1. The normalized spacial score (nSPS) is 13.7. The lowest BCUT2D eigenvalue weighted by Gasteiger charge is -2.25. The molecule has 0 bridgehead atoms. The predicted molar refractivity (Wildman–Crippen MR) is 99.2 cm³/mol. The molecular formula is C19H26FN3O5. The SMILES string of the molecule is CCOC(=O)C[C@H](C)[C@H](NC(=O)[C@H](Cc1ccccc1F)NC(C)=O)C(N)=O. The third-order valence-electron chi connectivity index (χ3n) is 4.04. The maximum Gasteiger partial charge on any atom is 0.306 e. The molecule has 1 rings (SSSR count). The van der Waals surface area contributed by atoms with Gasteiger partial charge in [-0.25, -0.2) is 4.39 Å². The zero-order valence-corrected chi connectivity index (χ0v) is 16.2. The van der Waals surface area contributed by atoms with Gasteiger partial charge in [-0.3, -0.25) is 19.2 Å². The number of nitrogens with one attached hydrogen (secondary N) is 2. The third-order valence-corrected chi connectivity index (χ3v) is 4.04. The first-order chi connectivity index (χ1) is 13.1. The van der Waals surface area contributed by atoms with Gasteiger partial charge in [0.05, 0.1) is 13.0 Å². The van der Waals surface area contributed by atoms with Crippen molar-refractivity contribution >= 4 is 23.7 Å². The lowest BCUT2D eigenvalue weighted by molar-refractivity contribution is -0.145. The van der Waals surface area contributed by atoms with Crippen molar-refractivity contribution < 1.29 is 28.3 Å². The van der Waals surface area contributed by atoms with Crippen LogP contribution >= 0.6 is 0 Å². The van der Waals surface area contributed by atoms with E-state index in [0.29, 0.717) is 0 Å². The molecule has 0 aliphatic rings. The monoisotopic (exact) mass is 395 g/mol. The Labute approximate surface area is 163 Å². The summed E-state index contributed by atoms with van der Waals surface area (Å²) in [6.07, 6.45) is -0.240. The second-order valence-electron chi connectivity index (χ2n) is 6.42. The van der Waals surface area contributed by atoms with E-state index in [2.05, 4.69) is 10.6 Å². The van der Waals surface area contributed by atoms with Crippen LogP contribution in [-0.2, 0) is 30.3 Å². The summed E-state index contributed by atoms with van der Waals surface area (Å²) in [6, 6.07) is 3.57. The molecule has 0 saturated heterocycles. The molecule has 8 nitrogen and oxygen atoms in total. The quantitative estimate of drug-likeness (QED) is 0.495. The van der Waals surface area contributed by atoms with Crippen LogP contribution in [0.15, 0.2) is 24.3 Å². The predicted octanol–water partition coefficient (Wildman–Crippen LogP) is 0.432. The average molecular weight is 395 g/mol. The topological polar surface area (TPSA) is 128 Å². The lowest BCUT2D eigenvalue weighted by atomic mass is 9.96. The molecule has 0 aliphatic heterocycles. The van der Waals surface area contributed by atoms with Gasteiger partial charge in [-0.2, -0.15) is 0 Å². The Morgan fingerprint density at radius 3 is 2.36 bits per heavy atom. The van der Waals surface area contributed by atoms with Crippen LogP contribution < -0.4 is 16.4 Å². The fraction of sp³-hybridized carbons (Fsp3) is 0.474. The largest absolute Gasteiger partial charge is 0.466 e. The van der Waals surface area contributed by atoms with Crippen molar-refractivity contribution in [3.05, 3.63) is 35.6 Å². The number of halogens is 1. The molecule has 3 amide bonds. The van der Waals surface area contributed by atoms with Gasteiger partial charge in [0.25, 0.3) is 0 Å². The summed E-state index contributed by atoms with van der Waals surface area (Å²) < 4.78 is 18.8. The van der Waals surface area contributed by atoms with E-state index in [1.165, 1.54) is 25.1 Å². The molecule has 154 valence electrons. The highest BCUT2D eigenvalue weighted by atomic mass is 19.1. The van der Waals surface area contributed by atoms with Gasteiger partial charge in [0, 0.05) is 13.3 Å². The molecule has 0 heterocycles. The minimum absolute atomic E-state index is 0.115. The lowest BCUT2D eigenvalue weighted by Crippen LogP contribution is -2.55. The number of esters is 1. The van der Waals surface area contributed by atoms with Crippen LogP contribution in [0.4, 0.5) is 4.39 Å². The van der Waals surface area contributed by atoms with E-state index in [-0.39, 0.29) is 25.0 Å². The zero-order chi connectivity index (χ0) is 21.3. The number of hydrogen-bond donors (Lipinski definition) is 3. The van der Waals surface area contributed by atoms with E-state index in [9.17, 15) is 23.6 Å². The molecule has 4 N–H and O–H groups in total. The van der Waals surface area contributed by atoms with Crippen molar-refractivity contribution in [3.8, 4) is 0 Å². The standard InChI is InChI=1S/C19H26FN3O5/c1-4-28-16(25)9-11(2)17(18(21)26)23-19(27)15(22-12(3)24)10-13-7-5-6-8-14(13)20/h5-8,11,15,17H,4,9-10H2,1-3H3,(H2,21,26)(H,22,24)(H,23,27)/t11-,15-,17-/m0/s1. The number of hydrogen-bond acceptors (Lipinski definition) is 5. The molecule has 0 fully saturated rings. The van der Waals surface area contributed by atoms with Gasteiger partial charge in [0.1, 0.15) is 17.9 Å². The number of ether oxygens (including phenoxy) is 1. The number of primary amides is 1. The molecule has 1 aromatic rings. The van der Waals surface area contributed by atoms with Gasteiger partial charge in [0.15, 0.2) is 0 Å². The summed E-state index contributed by atoms with van der Waals surface area (Å²) in [6.45, 7) is 4.62.